The van der Waals surface area contributed by atoms with E-state index in [1.165, 1.54) is 12.1 Å². The van der Waals surface area contributed by atoms with Crippen LogP contribution >= 0.6 is 23.2 Å². The van der Waals surface area contributed by atoms with E-state index in [9.17, 15) is 8.42 Å². The van der Waals surface area contributed by atoms with Crippen LogP contribution in [0.2, 0.25) is 10.0 Å². The van der Waals surface area contributed by atoms with E-state index < -0.39 is 10.0 Å². The van der Waals surface area contributed by atoms with Crippen LogP contribution in [0.15, 0.2) is 12.1 Å². The molecule has 3 N–H and O–H groups in total. The summed E-state index contributed by atoms with van der Waals surface area (Å²) in [7, 11) is -3.36. The summed E-state index contributed by atoms with van der Waals surface area (Å²) in [5.41, 5.74) is 5.97. The van der Waals surface area contributed by atoms with Gasteiger partial charge in [0.2, 0.25) is 10.0 Å². The van der Waals surface area contributed by atoms with Crippen LogP contribution in [0, 0.1) is 0 Å². The fourth-order valence-corrected chi connectivity index (χ4v) is 1.90. The van der Waals surface area contributed by atoms with E-state index in [1.54, 1.807) is 0 Å². The van der Waals surface area contributed by atoms with E-state index in [0.717, 1.165) is 6.26 Å². The first-order valence-electron chi connectivity index (χ1n) is 3.52. The largest absolute Gasteiger partial charge is 0.397 e. The molecule has 1 aromatic rings. The summed E-state index contributed by atoms with van der Waals surface area (Å²) in [5, 5.41) is 0.490. The quantitative estimate of drug-likeness (QED) is 0.793. The van der Waals surface area contributed by atoms with Crippen LogP contribution in [0.4, 0.5) is 11.4 Å². The molecule has 0 saturated carbocycles. The maximum atomic E-state index is 10.9. The van der Waals surface area contributed by atoms with Gasteiger partial charge in [0.05, 0.1) is 27.7 Å². The average Bonchev–Trinajstić information content (AvgIpc) is 1.97. The molecule has 0 spiro atoms. The minimum Gasteiger partial charge on any atom is -0.397 e. The van der Waals surface area contributed by atoms with Gasteiger partial charge in [-0.1, -0.05) is 23.2 Å². The second-order valence-corrected chi connectivity index (χ2v) is 5.29. The van der Waals surface area contributed by atoms with E-state index in [1.807, 2.05) is 0 Å². The van der Waals surface area contributed by atoms with Gasteiger partial charge in [0.1, 0.15) is 0 Å². The van der Waals surface area contributed by atoms with Crippen molar-refractivity contribution in [2.75, 3.05) is 16.7 Å². The third kappa shape index (κ3) is 2.94. The van der Waals surface area contributed by atoms with Crippen molar-refractivity contribution < 1.29 is 8.42 Å². The number of nitrogens with two attached hydrogens (primary N) is 1. The molecule has 14 heavy (non-hydrogen) atoms. The fourth-order valence-electron chi connectivity index (χ4n) is 0.844. The SMILES string of the molecule is CS(=O)(=O)Nc1cc(N)c(Cl)cc1Cl. The van der Waals surface area contributed by atoms with Crippen LogP contribution in [0.3, 0.4) is 0 Å². The smallest absolute Gasteiger partial charge is 0.229 e. The molecule has 4 nitrogen and oxygen atoms in total. The first kappa shape index (κ1) is 11.4. The van der Waals surface area contributed by atoms with Gasteiger partial charge in [-0.05, 0) is 12.1 Å². The summed E-state index contributed by atoms with van der Waals surface area (Å²) in [6.45, 7) is 0. The Balaban J connectivity index is 3.17. The van der Waals surface area contributed by atoms with Crippen LogP contribution in [0.5, 0.6) is 0 Å². The highest BCUT2D eigenvalue weighted by molar-refractivity contribution is 7.92. The summed E-state index contributed by atoms with van der Waals surface area (Å²) in [6, 6.07) is 2.75. The maximum Gasteiger partial charge on any atom is 0.229 e. The molecule has 78 valence electrons. The molecule has 0 amide bonds. The van der Waals surface area contributed by atoms with Crippen LogP contribution in [-0.4, -0.2) is 14.7 Å². The Labute approximate surface area is 92.1 Å². The van der Waals surface area contributed by atoms with Crippen molar-refractivity contribution in [1.29, 1.82) is 0 Å². The lowest BCUT2D eigenvalue weighted by molar-refractivity contribution is 0.607. The molecule has 1 rings (SSSR count). The highest BCUT2D eigenvalue weighted by Gasteiger charge is 2.08. The molecular weight excluding hydrogens is 247 g/mol. The molecule has 0 aliphatic heterocycles. The van der Waals surface area contributed by atoms with Gasteiger partial charge in [-0.15, -0.1) is 0 Å². The van der Waals surface area contributed by atoms with Gasteiger partial charge in [0.15, 0.2) is 0 Å². The van der Waals surface area contributed by atoms with Crippen LogP contribution in [0.1, 0.15) is 0 Å². The van der Waals surface area contributed by atoms with Crippen LogP contribution in [-0.2, 0) is 10.0 Å². The van der Waals surface area contributed by atoms with Crippen molar-refractivity contribution in [2.45, 2.75) is 0 Å². The lowest BCUT2D eigenvalue weighted by Crippen LogP contribution is -2.10. The summed E-state index contributed by atoms with van der Waals surface area (Å²) >= 11 is 11.4. The number of halogens is 2. The Morgan fingerprint density at radius 3 is 2.36 bits per heavy atom. The lowest BCUT2D eigenvalue weighted by Gasteiger charge is -2.07. The van der Waals surface area contributed by atoms with Crippen LogP contribution in [0.25, 0.3) is 0 Å². The topological polar surface area (TPSA) is 72.2 Å². The zero-order chi connectivity index (χ0) is 10.9. The van der Waals surface area contributed by atoms with Gasteiger partial charge in [-0.25, -0.2) is 8.42 Å². The average molecular weight is 255 g/mol. The molecular formula is C7H8Cl2N2O2S. The number of hydrogen-bond donors (Lipinski definition) is 2. The Kier molecular flexibility index (Phi) is 3.14. The van der Waals surface area contributed by atoms with Gasteiger partial charge in [0.25, 0.3) is 0 Å². The molecule has 0 bridgehead atoms. The highest BCUT2D eigenvalue weighted by Crippen LogP contribution is 2.31. The number of nitrogen functional groups attached to an aromatic ring is 1. The third-order valence-corrected chi connectivity index (χ3v) is 2.61. The standard InChI is InChI=1S/C7H8Cl2N2O2S/c1-14(12,13)11-7-3-6(10)4(8)2-5(7)9/h2-3,11H,10H2,1H3. The number of benzene rings is 1. The molecule has 0 aromatic heterocycles. The Bertz CT molecular complexity index is 459. The summed E-state index contributed by atoms with van der Waals surface area (Å²) in [4.78, 5) is 0. The summed E-state index contributed by atoms with van der Waals surface area (Å²) in [5.74, 6) is 0. The minimum atomic E-state index is -3.36. The monoisotopic (exact) mass is 254 g/mol. The normalized spacial score (nSPS) is 11.4. The molecule has 1 aromatic carbocycles. The van der Waals surface area contributed by atoms with Crippen molar-refractivity contribution in [3.8, 4) is 0 Å². The molecule has 0 heterocycles. The van der Waals surface area contributed by atoms with Crippen LogP contribution < -0.4 is 10.5 Å². The van der Waals surface area contributed by atoms with Crippen molar-refractivity contribution >= 4 is 44.6 Å². The summed E-state index contributed by atoms with van der Waals surface area (Å²) in [6.07, 6.45) is 1.02. The molecule has 7 heteroatoms. The molecule has 0 fully saturated rings. The lowest BCUT2D eigenvalue weighted by atomic mass is 10.3. The molecule has 0 radical (unpaired) electrons. The van der Waals surface area contributed by atoms with E-state index >= 15 is 0 Å². The molecule has 0 aliphatic rings. The fraction of sp³-hybridized carbons (Fsp3) is 0.143. The van der Waals surface area contributed by atoms with Gasteiger partial charge in [-0.2, -0.15) is 0 Å². The first-order valence-corrected chi connectivity index (χ1v) is 6.16. The van der Waals surface area contributed by atoms with E-state index in [4.69, 9.17) is 28.9 Å². The number of rotatable bonds is 2. The zero-order valence-corrected chi connectivity index (χ0v) is 9.54. The van der Waals surface area contributed by atoms with Gasteiger partial charge in [0, 0.05) is 0 Å². The van der Waals surface area contributed by atoms with E-state index in [2.05, 4.69) is 4.72 Å². The second kappa shape index (κ2) is 3.84. The zero-order valence-electron chi connectivity index (χ0n) is 7.21. The number of hydrogen-bond acceptors (Lipinski definition) is 3. The Hall–Kier alpha value is -0.650. The number of anilines is 2. The Morgan fingerprint density at radius 1 is 1.29 bits per heavy atom. The van der Waals surface area contributed by atoms with Crippen molar-refractivity contribution in [3.63, 3.8) is 0 Å². The summed E-state index contributed by atoms with van der Waals surface area (Å²) < 4.78 is 24.0. The third-order valence-electron chi connectivity index (χ3n) is 1.38. The van der Waals surface area contributed by atoms with Crippen molar-refractivity contribution in [3.05, 3.63) is 22.2 Å². The number of sulfonamides is 1. The first-order chi connectivity index (χ1) is 6.29. The van der Waals surface area contributed by atoms with Crippen molar-refractivity contribution in [2.24, 2.45) is 0 Å². The molecule has 0 atom stereocenters. The number of nitrogens with one attached hydrogen (secondary N) is 1. The Morgan fingerprint density at radius 2 is 1.86 bits per heavy atom. The second-order valence-electron chi connectivity index (χ2n) is 2.73. The van der Waals surface area contributed by atoms with Crippen molar-refractivity contribution in [1.82, 2.24) is 0 Å². The highest BCUT2D eigenvalue weighted by atomic mass is 35.5. The predicted molar refractivity (Wildman–Crippen MR) is 59.3 cm³/mol. The maximum absolute atomic E-state index is 10.9. The predicted octanol–water partition coefficient (Wildman–Crippen LogP) is 1.95. The minimum absolute atomic E-state index is 0.203. The molecule has 0 aliphatic carbocycles. The van der Waals surface area contributed by atoms with Gasteiger partial charge < -0.3 is 5.73 Å². The van der Waals surface area contributed by atoms with Gasteiger partial charge >= 0.3 is 0 Å². The molecule has 0 unspecified atom stereocenters. The van der Waals surface area contributed by atoms with E-state index in [0.29, 0.717) is 0 Å². The van der Waals surface area contributed by atoms with Gasteiger partial charge in [-0.3, -0.25) is 4.72 Å². The van der Waals surface area contributed by atoms with E-state index in [-0.39, 0.29) is 21.4 Å². The molecule has 0 saturated heterocycles.